The van der Waals surface area contributed by atoms with Crippen molar-refractivity contribution in [2.24, 2.45) is 0 Å². The van der Waals surface area contributed by atoms with Crippen molar-refractivity contribution in [3.8, 4) is 0 Å². The van der Waals surface area contributed by atoms with Crippen LogP contribution in [0.1, 0.15) is 56.4 Å². The van der Waals surface area contributed by atoms with Gasteiger partial charge in [0.1, 0.15) is 0 Å². The molecule has 18 heavy (non-hydrogen) atoms. The molecule has 0 saturated heterocycles. The van der Waals surface area contributed by atoms with Gasteiger partial charge in [0.25, 0.3) is 0 Å². The van der Waals surface area contributed by atoms with Gasteiger partial charge in [0.2, 0.25) is 0 Å². The molecular formula is C15H22ClNS. The quantitative estimate of drug-likeness (QED) is 0.696. The molecule has 0 radical (unpaired) electrons. The minimum Gasteiger partial charge on any atom is -0.309 e. The van der Waals surface area contributed by atoms with Gasteiger partial charge in [-0.2, -0.15) is 0 Å². The van der Waals surface area contributed by atoms with Crippen LogP contribution < -0.4 is 5.32 Å². The molecule has 0 saturated carbocycles. The molecule has 100 valence electrons. The number of halogens is 1. The number of nitrogens with one attached hydrogen (secondary N) is 1. The Kier molecular flexibility index (Phi) is 5.74. The number of thiophene rings is 1. The van der Waals surface area contributed by atoms with Gasteiger partial charge < -0.3 is 5.32 Å². The van der Waals surface area contributed by atoms with Gasteiger partial charge in [0.15, 0.2) is 0 Å². The van der Waals surface area contributed by atoms with Gasteiger partial charge in [0.05, 0.1) is 4.34 Å². The third kappa shape index (κ3) is 4.11. The number of hydrogen-bond donors (Lipinski definition) is 1. The average molecular weight is 284 g/mol. The molecule has 0 spiro atoms. The summed E-state index contributed by atoms with van der Waals surface area (Å²) in [5, 5.41) is 3.66. The summed E-state index contributed by atoms with van der Waals surface area (Å²) in [5.74, 6) is 0. The van der Waals surface area contributed by atoms with E-state index in [2.05, 4.69) is 24.4 Å². The Labute approximate surface area is 119 Å². The maximum absolute atomic E-state index is 6.06. The van der Waals surface area contributed by atoms with Crippen LogP contribution in [-0.4, -0.2) is 6.54 Å². The third-order valence-corrected chi connectivity index (χ3v) is 4.77. The van der Waals surface area contributed by atoms with E-state index in [9.17, 15) is 0 Å². The van der Waals surface area contributed by atoms with E-state index >= 15 is 0 Å². The first-order valence-electron chi connectivity index (χ1n) is 6.96. The van der Waals surface area contributed by atoms with Crippen molar-refractivity contribution in [2.45, 2.75) is 51.5 Å². The minimum absolute atomic E-state index is 0.451. The lowest BCUT2D eigenvalue weighted by Gasteiger charge is -2.21. The van der Waals surface area contributed by atoms with Crippen molar-refractivity contribution in [3.63, 3.8) is 0 Å². The van der Waals surface area contributed by atoms with Crippen LogP contribution in [0.15, 0.2) is 23.8 Å². The normalized spacial score (nSPS) is 17.6. The second kappa shape index (κ2) is 7.32. The van der Waals surface area contributed by atoms with Gasteiger partial charge in [-0.3, -0.25) is 0 Å². The monoisotopic (exact) mass is 283 g/mol. The zero-order valence-electron chi connectivity index (χ0n) is 11.0. The molecule has 1 aromatic heterocycles. The van der Waals surface area contributed by atoms with Gasteiger partial charge in [-0.25, -0.2) is 0 Å². The Balaban J connectivity index is 2.02. The molecular weight excluding hydrogens is 262 g/mol. The Hall–Kier alpha value is -0.310. The maximum atomic E-state index is 6.06. The summed E-state index contributed by atoms with van der Waals surface area (Å²) >= 11 is 7.77. The molecule has 1 atom stereocenters. The lowest BCUT2D eigenvalue weighted by Crippen LogP contribution is -2.22. The smallest absolute Gasteiger partial charge is 0.0931 e. The zero-order chi connectivity index (χ0) is 12.8. The molecule has 1 N–H and O–H groups in total. The van der Waals surface area contributed by atoms with E-state index in [-0.39, 0.29) is 0 Å². The lowest BCUT2D eigenvalue weighted by molar-refractivity contribution is 0.518. The van der Waals surface area contributed by atoms with Crippen LogP contribution in [0.3, 0.4) is 0 Å². The van der Waals surface area contributed by atoms with Crippen LogP contribution in [0.25, 0.3) is 0 Å². The summed E-state index contributed by atoms with van der Waals surface area (Å²) in [5.41, 5.74) is 1.62. The molecule has 0 bridgehead atoms. The Bertz CT molecular complexity index is 397. The van der Waals surface area contributed by atoms with Crippen LogP contribution >= 0.6 is 22.9 Å². The number of rotatable bonds is 6. The summed E-state index contributed by atoms with van der Waals surface area (Å²) in [7, 11) is 0. The Morgan fingerprint density at radius 1 is 1.39 bits per heavy atom. The fraction of sp³-hybridized carbons (Fsp3) is 0.600. The van der Waals surface area contributed by atoms with E-state index in [1.165, 1.54) is 37.0 Å². The van der Waals surface area contributed by atoms with Gasteiger partial charge >= 0.3 is 0 Å². The van der Waals surface area contributed by atoms with E-state index in [1.807, 2.05) is 6.07 Å². The largest absolute Gasteiger partial charge is 0.309 e. The van der Waals surface area contributed by atoms with Crippen molar-refractivity contribution >= 4 is 22.9 Å². The summed E-state index contributed by atoms with van der Waals surface area (Å²) in [6.07, 6.45) is 10.0. The van der Waals surface area contributed by atoms with Crippen LogP contribution in [-0.2, 0) is 0 Å². The molecule has 2 rings (SSSR count). The molecule has 1 nitrogen and oxygen atoms in total. The van der Waals surface area contributed by atoms with Crippen molar-refractivity contribution in [3.05, 3.63) is 33.0 Å². The fourth-order valence-electron chi connectivity index (χ4n) is 2.46. The van der Waals surface area contributed by atoms with Crippen molar-refractivity contribution in [1.82, 2.24) is 5.32 Å². The van der Waals surface area contributed by atoms with E-state index in [4.69, 9.17) is 11.6 Å². The molecule has 0 fully saturated rings. The van der Waals surface area contributed by atoms with Crippen LogP contribution in [0, 0.1) is 0 Å². The molecule has 0 aromatic carbocycles. The molecule has 1 aliphatic rings. The van der Waals surface area contributed by atoms with Gasteiger partial charge in [-0.05, 0) is 57.2 Å². The molecule has 1 heterocycles. The van der Waals surface area contributed by atoms with Crippen LogP contribution in [0.2, 0.25) is 4.34 Å². The molecule has 1 aromatic rings. The first kappa shape index (κ1) is 14.1. The topological polar surface area (TPSA) is 12.0 Å². The van der Waals surface area contributed by atoms with Crippen molar-refractivity contribution < 1.29 is 0 Å². The highest BCUT2D eigenvalue weighted by atomic mass is 35.5. The van der Waals surface area contributed by atoms with E-state index < -0.39 is 0 Å². The lowest BCUT2D eigenvalue weighted by atomic mass is 9.94. The second-order valence-corrected chi connectivity index (χ2v) is 6.71. The summed E-state index contributed by atoms with van der Waals surface area (Å²) < 4.78 is 0.894. The molecule has 0 amide bonds. The third-order valence-electron chi connectivity index (χ3n) is 3.43. The van der Waals surface area contributed by atoms with Crippen molar-refractivity contribution in [1.29, 1.82) is 0 Å². The second-order valence-electron chi connectivity index (χ2n) is 4.96. The first-order valence-corrected chi connectivity index (χ1v) is 8.15. The van der Waals surface area contributed by atoms with E-state index in [0.29, 0.717) is 6.04 Å². The minimum atomic E-state index is 0.451. The average Bonchev–Trinajstić information content (AvgIpc) is 2.82. The Morgan fingerprint density at radius 3 is 2.89 bits per heavy atom. The predicted octanol–water partition coefficient (Wildman–Crippen LogP) is 5.33. The highest BCUT2D eigenvalue weighted by Gasteiger charge is 2.16. The summed E-state index contributed by atoms with van der Waals surface area (Å²) in [6.45, 7) is 3.29. The highest BCUT2D eigenvalue weighted by molar-refractivity contribution is 7.16. The fourth-order valence-corrected chi connectivity index (χ4v) is 3.60. The van der Waals surface area contributed by atoms with Gasteiger partial charge in [0, 0.05) is 10.9 Å². The SMILES string of the molecule is CCCNC(CC1=CCCCC1)c1ccc(Cl)s1. The van der Waals surface area contributed by atoms with Gasteiger partial charge in [-0.1, -0.05) is 30.2 Å². The van der Waals surface area contributed by atoms with Crippen LogP contribution in [0.4, 0.5) is 0 Å². The standard InChI is InChI=1S/C15H22ClNS/c1-2-10-17-13(14-8-9-15(16)18-14)11-12-6-4-3-5-7-12/h6,8-9,13,17H,2-5,7,10-11H2,1H3. The molecule has 1 aliphatic carbocycles. The van der Waals surface area contributed by atoms with E-state index in [0.717, 1.165) is 17.3 Å². The molecule has 0 aliphatic heterocycles. The van der Waals surface area contributed by atoms with Crippen LogP contribution in [0.5, 0.6) is 0 Å². The van der Waals surface area contributed by atoms with Crippen molar-refractivity contribution in [2.75, 3.05) is 6.54 Å². The number of allylic oxidation sites excluding steroid dienone is 1. The summed E-state index contributed by atoms with van der Waals surface area (Å²) in [4.78, 5) is 1.37. The number of hydrogen-bond acceptors (Lipinski definition) is 2. The summed E-state index contributed by atoms with van der Waals surface area (Å²) in [6, 6.07) is 4.63. The molecule has 1 unspecified atom stereocenters. The van der Waals surface area contributed by atoms with Gasteiger partial charge in [-0.15, -0.1) is 11.3 Å². The first-order chi connectivity index (χ1) is 8.79. The molecule has 3 heteroatoms. The zero-order valence-corrected chi connectivity index (χ0v) is 12.6. The van der Waals surface area contributed by atoms with E-state index in [1.54, 1.807) is 16.9 Å². The predicted molar refractivity (Wildman–Crippen MR) is 81.5 cm³/mol. The Morgan fingerprint density at radius 2 is 2.28 bits per heavy atom. The maximum Gasteiger partial charge on any atom is 0.0931 e. The highest BCUT2D eigenvalue weighted by Crippen LogP contribution is 2.32.